The Balaban J connectivity index is 1.98. The Morgan fingerprint density at radius 1 is 1.04 bits per heavy atom. The monoisotopic (exact) mass is 422 g/mol. The van der Waals surface area contributed by atoms with Crippen LogP contribution >= 0.6 is 23.2 Å². The van der Waals surface area contributed by atoms with Crippen LogP contribution in [0.15, 0.2) is 42.5 Å². The molecule has 0 bridgehead atoms. The number of nitrogens with one attached hydrogen (secondary N) is 2. The van der Waals surface area contributed by atoms with Gasteiger partial charge in [-0.1, -0.05) is 49.2 Å². The van der Waals surface area contributed by atoms with Gasteiger partial charge in [0, 0.05) is 11.6 Å². The first kappa shape index (κ1) is 21.7. The number of carbonyl (C=O) groups is 3. The summed E-state index contributed by atoms with van der Waals surface area (Å²) in [5, 5.41) is 5.88. The van der Waals surface area contributed by atoms with Crippen LogP contribution in [0.3, 0.4) is 0 Å². The zero-order valence-corrected chi connectivity index (χ0v) is 16.9. The van der Waals surface area contributed by atoms with Crippen molar-refractivity contribution >= 4 is 46.7 Å². The van der Waals surface area contributed by atoms with Gasteiger partial charge in [0.1, 0.15) is 0 Å². The van der Waals surface area contributed by atoms with E-state index in [4.69, 9.17) is 27.9 Å². The number of hydrogen-bond acceptors (Lipinski definition) is 4. The van der Waals surface area contributed by atoms with Crippen molar-refractivity contribution in [3.8, 4) is 0 Å². The molecule has 0 heterocycles. The van der Waals surface area contributed by atoms with Crippen molar-refractivity contribution in [3.63, 3.8) is 0 Å². The SMILES string of the molecule is CC(C)CNC(=O)c1ccccc1NC(=O)COC(=O)c1ccc(Cl)cc1Cl. The average molecular weight is 423 g/mol. The van der Waals surface area contributed by atoms with Crippen LogP contribution in [0.2, 0.25) is 10.0 Å². The van der Waals surface area contributed by atoms with Crippen LogP contribution in [0.5, 0.6) is 0 Å². The molecule has 2 aromatic carbocycles. The van der Waals surface area contributed by atoms with Gasteiger partial charge < -0.3 is 15.4 Å². The van der Waals surface area contributed by atoms with Gasteiger partial charge in [0.05, 0.1) is 21.8 Å². The summed E-state index contributed by atoms with van der Waals surface area (Å²) in [4.78, 5) is 36.5. The highest BCUT2D eigenvalue weighted by Gasteiger charge is 2.16. The van der Waals surface area contributed by atoms with Crippen LogP contribution in [-0.4, -0.2) is 30.9 Å². The molecule has 0 saturated heterocycles. The lowest BCUT2D eigenvalue weighted by atomic mass is 10.1. The number of carbonyl (C=O) groups excluding carboxylic acids is 3. The van der Waals surface area contributed by atoms with E-state index in [0.717, 1.165) is 0 Å². The number of hydrogen-bond donors (Lipinski definition) is 2. The molecule has 2 N–H and O–H groups in total. The first-order chi connectivity index (χ1) is 13.3. The Labute approximate surface area is 173 Å². The number of amides is 2. The van der Waals surface area contributed by atoms with Crippen LogP contribution in [0.4, 0.5) is 5.69 Å². The fourth-order valence-electron chi connectivity index (χ4n) is 2.23. The minimum atomic E-state index is -0.750. The highest BCUT2D eigenvalue weighted by molar-refractivity contribution is 6.36. The van der Waals surface area contributed by atoms with Crippen molar-refractivity contribution in [2.75, 3.05) is 18.5 Å². The molecule has 0 aliphatic carbocycles. The maximum atomic E-state index is 12.3. The highest BCUT2D eigenvalue weighted by Crippen LogP contribution is 2.21. The molecule has 0 aliphatic rings. The summed E-state index contributed by atoms with van der Waals surface area (Å²) in [6.07, 6.45) is 0. The molecule has 28 heavy (non-hydrogen) atoms. The minimum Gasteiger partial charge on any atom is -0.452 e. The number of esters is 1. The Kier molecular flexibility index (Phi) is 7.84. The van der Waals surface area contributed by atoms with Gasteiger partial charge in [-0.05, 0) is 36.2 Å². The van der Waals surface area contributed by atoms with E-state index in [1.165, 1.54) is 18.2 Å². The molecule has 0 aromatic heterocycles. The summed E-state index contributed by atoms with van der Waals surface area (Å²) in [5.41, 5.74) is 0.755. The molecule has 2 aromatic rings. The Morgan fingerprint density at radius 2 is 1.75 bits per heavy atom. The van der Waals surface area contributed by atoms with Crippen LogP contribution in [0.1, 0.15) is 34.6 Å². The number of anilines is 1. The van der Waals surface area contributed by atoms with Crippen molar-refractivity contribution in [3.05, 3.63) is 63.6 Å². The standard InChI is InChI=1S/C20H20Cl2N2O4/c1-12(2)10-23-19(26)15-5-3-4-6-17(15)24-18(25)11-28-20(27)14-8-7-13(21)9-16(14)22/h3-9,12H,10-11H2,1-2H3,(H,23,26)(H,24,25). The number of rotatable bonds is 7. The zero-order valence-electron chi connectivity index (χ0n) is 15.4. The number of ether oxygens (including phenoxy) is 1. The summed E-state index contributed by atoms with van der Waals surface area (Å²) in [5.74, 6) is -1.33. The van der Waals surface area contributed by atoms with Crippen LogP contribution in [0, 0.1) is 5.92 Å². The molecule has 0 aliphatic heterocycles. The van der Waals surface area contributed by atoms with Gasteiger partial charge in [0.15, 0.2) is 6.61 Å². The summed E-state index contributed by atoms with van der Waals surface area (Å²) in [6, 6.07) is 10.9. The van der Waals surface area contributed by atoms with E-state index in [1.54, 1.807) is 24.3 Å². The van der Waals surface area contributed by atoms with E-state index in [2.05, 4.69) is 10.6 Å². The van der Waals surface area contributed by atoms with E-state index in [1.807, 2.05) is 13.8 Å². The third-order valence-electron chi connectivity index (χ3n) is 3.60. The molecular weight excluding hydrogens is 403 g/mol. The fraction of sp³-hybridized carbons (Fsp3) is 0.250. The molecule has 8 heteroatoms. The average Bonchev–Trinajstić information content (AvgIpc) is 2.64. The number of halogens is 2. The van der Waals surface area contributed by atoms with E-state index in [0.29, 0.717) is 28.7 Å². The number of para-hydroxylation sites is 1. The summed E-state index contributed by atoms with van der Waals surface area (Å²) < 4.78 is 4.98. The predicted octanol–water partition coefficient (Wildman–Crippen LogP) is 4.17. The van der Waals surface area contributed by atoms with Gasteiger partial charge in [-0.2, -0.15) is 0 Å². The van der Waals surface area contributed by atoms with Crippen molar-refractivity contribution in [2.45, 2.75) is 13.8 Å². The molecule has 0 saturated carbocycles. The second-order valence-electron chi connectivity index (χ2n) is 6.40. The van der Waals surface area contributed by atoms with E-state index in [9.17, 15) is 14.4 Å². The van der Waals surface area contributed by atoms with Crippen molar-refractivity contribution in [1.82, 2.24) is 5.32 Å². The van der Waals surface area contributed by atoms with Gasteiger partial charge >= 0.3 is 5.97 Å². The third-order valence-corrected chi connectivity index (χ3v) is 4.15. The molecule has 6 nitrogen and oxygen atoms in total. The third kappa shape index (κ3) is 6.25. The lowest BCUT2D eigenvalue weighted by Gasteiger charge is -2.13. The maximum Gasteiger partial charge on any atom is 0.340 e. The lowest BCUT2D eigenvalue weighted by molar-refractivity contribution is -0.119. The Bertz CT molecular complexity index is 884. The van der Waals surface area contributed by atoms with Crippen LogP contribution < -0.4 is 10.6 Å². The Hall–Kier alpha value is -2.57. The molecule has 148 valence electrons. The zero-order chi connectivity index (χ0) is 20.7. The maximum absolute atomic E-state index is 12.3. The van der Waals surface area contributed by atoms with Gasteiger partial charge in [-0.15, -0.1) is 0 Å². The predicted molar refractivity (Wildman–Crippen MR) is 109 cm³/mol. The second kappa shape index (κ2) is 10.1. The van der Waals surface area contributed by atoms with Crippen molar-refractivity contribution in [1.29, 1.82) is 0 Å². The summed E-state index contributed by atoms with van der Waals surface area (Å²) in [7, 11) is 0. The molecule has 0 spiro atoms. The highest BCUT2D eigenvalue weighted by atomic mass is 35.5. The topological polar surface area (TPSA) is 84.5 Å². The largest absolute Gasteiger partial charge is 0.452 e. The first-order valence-electron chi connectivity index (χ1n) is 8.57. The van der Waals surface area contributed by atoms with Crippen LogP contribution in [-0.2, 0) is 9.53 Å². The van der Waals surface area contributed by atoms with Crippen LogP contribution in [0.25, 0.3) is 0 Å². The minimum absolute atomic E-state index is 0.104. The molecule has 0 unspecified atom stereocenters. The molecule has 0 fully saturated rings. The van der Waals surface area contributed by atoms with Gasteiger partial charge in [0.2, 0.25) is 0 Å². The molecule has 2 rings (SSSR count). The first-order valence-corrected chi connectivity index (χ1v) is 9.32. The molecule has 0 atom stereocenters. The van der Waals surface area contributed by atoms with E-state index in [-0.39, 0.29) is 16.5 Å². The van der Waals surface area contributed by atoms with E-state index >= 15 is 0 Å². The van der Waals surface area contributed by atoms with Gasteiger partial charge in [-0.3, -0.25) is 9.59 Å². The van der Waals surface area contributed by atoms with Gasteiger partial charge in [-0.25, -0.2) is 4.79 Å². The normalized spacial score (nSPS) is 10.5. The van der Waals surface area contributed by atoms with Crippen molar-refractivity contribution in [2.24, 2.45) is 5.92 Å². The summed E-state index contributed by atoms with van der Waals surface area (Å²) in [6.45, 7) is 3.95. The van der Waals surface area contributed by atoms with E-state index < -0.39 is 18.5 Å². The smallest absolute Gasteiger partial charge is 0.340 e. The fourth-order valence-corrected chi connectivity index (χ4v) is 2.72. The quantitative estimate of drug-likeness (QED) is 0.655. The molecule has 0 radical (unpaired) electrons. The summed E-state index contributed by atoms with van der Waals surface area (Å²) >= 11 is 11.7. The Morgan fingerprint density at radius 3 is 2.43 bits per heavy atom. The second-order valence-corrected chi connectivity index (χ2v) is 7.24. The lowest BCUT2D eigenvalue weighted by Crippen LogP contribution is -2.29. The van der Waals surface area contributed by atoms with Gasteiger partial charge in [0.25, 0.3) is 11.8 Å². The molecular formula is C20H20Cl2N2O4. The van der Waals surface area contributed by atoms with Crippen molar-refractivity contribution < 1.29 is 19.1 Å². The molecule has 2 amide bonds. The number of benzene rings is 2.